The summed E-state index contributed by atoms with van der Waals surface area (Å²) in [6.07, 6.45) is 4.62. The molecule has 1 aromatic rings. The van der Waals surface area contributed by atoms with Crippen LogP contribution in [0.25, 0.3) is 0 Å². The molecule has 1 aromatic carbocycles. The van der Waals surface area contributed by atoms with Gasteiger partial charge in [0.2, 0.25) is 0 Å². The van der Waals surface area contributed by atoms with E-state index in [9.17, 15) is 8.78 Å². The molecule has 102 valence electrons. The molecule has 1 atom stereocenters. The van der Waals surface area contributed by atoms with Gasteiger partial charge in [0.1, 0.15) is 0 Å². The molecule has 0 aliphatic rings. The quantitative estimate of drug-likeness (QED) is 0.590. The summed E-state index contributed by atoms with van der Waals surface area (Å²) in [6.45, 7) is 4.24. The first-order chi connectivity index (χ1) is 8.60. The molecule has 0 fully saturated rings. The maximum absolute atomic E-state index is 13.6. The Labute approximate surface area is 113 Å². The summed E-state index contributed by atoms with van der Waals surface area (Å²) in [7, 11) is 0. The summed E-state index contributed by atoms with van der Waals surface area (Å²) < 4.78 is 26.7. The normalized spacial score (nSPS) is 13.0. The lowest BCUT2D eigenvalue weighted by Gasteiger charge is -2.21. The van der Waals surface area contributed by atoms with E-state index in [-0.39, 0.29) is 5.38 Å². The fraction of sp³-hybridized carbons (Fsp3) is 0.600. The molecule has 0 saturated carbocycles. The zero-order valence-corrected chi connectivity index (χ0v) is 11.8. The van der Waals surface area contributed by atoms with Crippen molar-refractivity contribution in [2.75, 3.05) is 0 Å². The van der Waals surface area contributed by atoms with Crippen molar-refractivity contribution in [2.45, 2.75) is 51.3 Å². The predicted octanol–water partition coefficient (Wildman–Crippen LogP) is 5.33. The minimum atomic E-state index is -0.793. The molecule has 0 nitrogen and oxygen atoms in total. The van der Waals surface area contributed by atoms with Crippen molar-refractivity contribution in [3.05, 3.63) is 35.4 Å². The van der Waals surface area contributed by atoms with Gasteiger partial charge in [-0.05, 0) is 36.8 Å². The molecule has 0 saturated heterocycles. The number of benzene rings is 1. The topological polar surface area (TPSA) is 0 Å². The van der Waals surface area contributed by atoms with Crippen LogP contribution >= 0.6 is 11.6 Å². The third kappa shape index (κ3) is 4.24. The molecule has 1 unspecified atom stereocenters. The van der Waals surface area contributed by atoms with Gasteiger partial charge in [0.05, 0.1) is 0 Å². The first-order valence-electron chi connectivity index (χ1n) is 6.67. The molecular weight excluding hydrogens is 254 g/mol. The molecule has 3 heteroatoms. The van der Waals surface area contributed by atoms with Gasteiger partial charge in [0.15, 0.2) is 11.6 Å². The third-order valence-electron chi connectivity index (χ3n) is 3.28. The van der Waals surface area contributed by atoms with Crippen LogP contribution in [0.3, 0.4) is 0 Å². The van der Waals surface area contributed by atoms with Crippen molar-refractivity contribution < 1.29 is 8.78 Å². The van der Waals surface area contributed by atoms with Crippen LogP contribution < -0.4 is 0 Å². The fourth-order valence-corrected chi connectivity index (χ4v) is 2.75. The Morgan fingerprint density at radius 3 is 2.28 bits per heavy atom. The maximum atomic E-state index is 13.6. The molecule has 0 radical (unpaired) electrons. The summed E-state index contributed by atoms with van der Waals surface area (Å²) in [5.41, 5.74) is 0.382. The van der Waals surface area contributed by atoms with Crippen LogP contribution in [-0.2, 0) is 6.42 Å². The molecule has 0 N–H and O–H groups in total. The molecule has 0 aliphatic heterocycles. The smallest absolute Gasteiger partial charge is 0.162 e. The molecule has 0 aliphatic carbocycles. The largest absolute Gasteiger partial charge is 0.204 e. The molecule has 0 heterocycles. The highest BCUT2D eigenvalue weighted by Crippen LogP contribution is 2.26. The lowest BCUT2D eigenvalue weighted by molar-refractivity contribution is 0.412. The van der Waals surface area contributed by atoms with E-state index in [1.54, 1.807) is 6.07 Å². The van der Waals surface area contributed by atoms with Gasteiger partial charge in [-0.1, -0.05) is 38.8 Å². The van der Waals surface area contributed by atoms with Crippen LogP contribution in [0.1, 0.15) is 45.1 Å². The summed E-state index contributed by atoms with van der Waals surface area (Å²) in [5.74, 6) is -1.17. The van der Waals surface area contributed by atoms with Gasteiger partial charge in [-0.25, -0.2) is 8.78 Å². The monoisotopic (exact) mass is 274 g/mol. The van der Waals surface area contributed by atoms with E-state index in [0.29, 0.717) is 17.9 Å². The Bertz CT molecular complexity index is 360. The number of hydrogen-bond acceptors (Lipinski definition) is 0. The SMILES string of the molecule is CCCC(CCC)C(Cl)Cc1cccc(F)c1F. The second-order valence-corrected chi connectivity index (χ2v) is 5.33. The van der Waals surface area contributed by atoms with Gasteiger partial charge in [-0.2, -0.15) is 0 Å². The fourth-order valence-electron chi connectivity index (χ4n) is 2.33. The van der Waals surface area contributed by atoms with E-state index in [2.05, 4.69) is 13.8 Å². The molecular formula is C15H21ClF2. The minimum absolute atomic E-state index is 0.124. The lowest BCUT2D eigenvalue weighted by atomic mass is 9.91. The highest BCUT2D eigenvalue weighted by molar-refractivity contribution is 6.20. The van der Waals surface area contributed by atoms with Gasteiger partial charge < -0.3 is 0 Å². The number of alkyl halides is 1. The first-order valence-corrected chi connectivity index (χ1v) is 7.10. The highest BCUT2D eigenvalue weighted by atomic mass is 35.5. The zero-order chi connectivity index (χ0) is 13.5. The highest BCUT2D eigenvalue weighted by Gasteiger charge is 2.20. The van der Waals surface area contributed by atoms with Gasteiger partial charge in [-0.15, -0.1) is 11.6 Å². The molecule has 18 heavy (non-hydrogen) atoms. The Morgan fingerprint density at radius 2 is 1.72 bits per heavy atom. The molecule has 0 aromatic heterocycles. The average molecular weight is 275 g/mol. The Morgan fingerprint density at radius 1 is 1.11 bits per heavy atom. The molecule has 0 amide bonds. The van der Waals surface area contributed by atoms with Crippen molar-refractivity contribution in [1.29, 1.82) is 0 Å². The number of rotatable bonds is 7. The van der Waals surface area contributed by atoms with Gasteiger partial charge >= 0.3 is 0 Å². The van der Waals surface area contributed by atoms with Crippen LogP contribution in [0.5, 0.6) is 0 Å². The van der Waals surface area contributed by atoms with Crippen LogP contribution in [0.15, 0.2) is 18.2 Å². The van der Waals surface area contributed by atoms with E-state index in [1.807, 2.05) is 0 Å². The van der Waals surface area contributed by atoms with Gasteiger partial charge in [0, 0.05) is 5.38 Å². The van der Waals surface area contributed by atoms with Crippen LogP contribution in [0.4, 0.5) is 8.78 Å². The van der Waals surface area contributed by atoms with E-state index < -0.39 is 11.6 Å². The second kappa shape index (κ2) is 7.73. The van der Waals surface area contributed by atoms with E-state index >= 15 is 0 Å². The first kappa shape index (κ1) is 15.4. The van der Waals surface area contributed by atoms with E-state index in [0.717, 1.165) is 31.7 Å². The van der Waals surface area contributed by atoms with E-state index in [1.165, 1.54) is 6.07 Å². The Balaban J connectivity index is 2.72. The third-order valence-corrected chi connectivity index (χ3v) is 3.79. The van der Waals surface area contributed by atoms with Gasteiger partial charge in [0.25, 0.3) is 0 Å². The summed E-state index contributed by atoms with van der Waals surface area (Å²) in [6, 6.07) is 4.28. The van der Waals surface area contributed by atoms with Crippen molar-refractivity contribution in [1.82, 2.24) is 0 Å². The standard InChI is InChI=1S/C15H21ClF2/c1-3-6-11(7-4-2)13(16)10-12-8-5-9-14(17)15(12)18/h5,8-9,11,13H,3-4,6-7,10H2,1-2H3. The minimum Gasteiger partial charge on any atom is -0.204 e. The number of hydrogen-bond donors (Lipinski definition) is 0. The summed E-state index contributed by atoms with van der Waals surface area (Å²) in [4.78, 5) is 0. The molecule has 0 bridgehead atoms. The van der Waals surface area contributed by atoms with Crippen LogP contribution in [0, 0.1) is 17.6 Å². The van der Waals surface area contributed by atoms with Gasteiger partial charge in [-0.3, -0.25) is 0 Å². The number of halogens is 3. The maximum Gasteiger partial charge on any atom is 0.162 e. The lowest BCUT2D eigenvalue weighted by Crippen LogP contribution is -2.18. The van der Waals surface area contributed by atoms with Crippen molar-refractivity contribution >= 4 is 11.6 Å². The molecule has 1 rings (SSSR count). The Hall–Kier alpha value is -0.630. The molecule has 0 spiro atoms. The van der Waals surface area contributed by atoms with Crippen molar-refractivity contribution in [3.63, 3.8) is 0 Å². The zero-order valence-electron chi connectivity index (χ0n) is 11.1. The van der Waals surface area contributed by atoms with Crippen LogP contribution in [0.2, 0.25) is 0 Å². The van der Waals surface area contributed by atoms with Crippen LogP contribution in [-0.4, -0.2) is 5.38 Å². The summed E-state index contributed by atoms with van der Waals surface area (Å²) in [5, 5.41) is -0.124. The van der Waals surface area contributed by atoms with E-state index in [4.69, 9.17) is 11.6 Å². The van der Waals surface area contributed by atoms with Crippen molar-refractivity contribution in [2.24, 2.45) is 5.92 Å². The average Bonchev–Trinajstić information content (AvgIpc) is 2.34. The second-order valence-electron chi connectivity index (χ2n) is 4.77. The predicted molar refractivity (Wildman–Crippen MR) is 73.0 cm³/mol. The summed E-state index contributed by atoms with van der Waals surface area (Å²) >= 11 is 6.37. The van der Waals surface area contributed by atoms with Crippen molar-refractivity contribution in [3.8, 4) is 0 Å². The Kier molecular flexibility index (Phi) is 6.62.